The zero-order valence-electron chi connectivity index (χ0n) is 11.1. The molecule has 1 aromatic rings. The van der Waals surface area contributed by atoms with Gasteiger partial charge < -0.3 is 15.8 Å². The van der Waals surface area contributed by atoms with E-state index in [9.17, 15) is 4.79 Å². The lowest BCUT2D eigenvalue weighted by Gasteiger charge is -2.23. The van der Waals surface area contributed by atoms with Gasteiger partial charge in [-0.1, -0.05) is 18.2 Å². The van der Waals surface area contributed by atoms with Crippen molar-refractivity contribution in [3.8, 4) is 0 Å². The molecule has 106 valence electrons. The van der Waals surface area contributed by atoms with E-state index < -0.39 is 0 Å². The Bertz CT molecular complexity index is 431. The van der Waals surface area contributed by atoms with Gasteiger partial charge in [0.25, 0.3) is 0 Å². The van der Waals surface area contributed by atoms with Crippen LogP contribution in [0.5, 0.6) is 0 Å². The summed E-state index contributed by atoms with van der Waals surface area (Å²) in [7, 11) is 0. The van der Waals surface area contributed by atoms with Crippen molar-refractivity contribution in [1.29, 1.82) is 0 Å². The normalized spacial score (nSPS) is 21.7. The van der Waals surface area contributed by atoms with E-state index in [0.29, 0.717) is 19.4 Å². The number of ether oxygens (including phenoxy) is 1. The number of amides is 1. The summed E-state index contributed by atoms with van der Waals surface area (Å²) >= 11 is 0. The van der Waals surface area contributed by atoms with Crippen LogP contribution < -0.4 is 11.1 Å². The van der Waals surface area contributed by atoms with E-state index >= 15 is 0 Å². The van der Waals surface area contributed by atoms with Gasteiger partial charge in [-0.3, -0.25) is 4.79 Å². The monoisotopic (exact) mass is 284 g/mol. The predicted octanol–water partition coefficient (Wildman–Crippen LogP) is 1.92. The molecule has 0 bridgehead atoms. The molecule has 1 heterocycles. The number of anilines is 1. The summed E-state index contributed by atoms with van der Waals surface area (Å²) in [5.74, 6) is 0.0613. The SMILES string of the molecule is CC1(NC(=O)CCc2ccccc2N)CCOC1.Cl. The molecular formula is C14H21ClN2O2. The maximum atomic E-state index is 11.9. The van der Waals surface area contributed by atoms with Crippen molar-refractivity contribution >= 4 is 24.0 Å². The van der Waals surface area contributed by atoms with Gasteiger partial charge in [0.05, 0.1) is 12.1 Å². The van der Waals surface area contributed by atoms with Crippen LogP contribution in [0, 0.1) is 0 Å². The van der Waals surface area contributed by atoms with Gasteiger partial charge in [0, 0.05) is 18.7 Å². The number of rotatable bonds is 4. The van der Waals surface area contributed by atoms with Crippen LogP contribution in [-0.4, -0.2) is 24.7 Å². The fourth-order valence-electron chi connectivity index (χ4n) is 2.17. The first-order valence-corrected chi connectivity index (χ1v) is 6.31. The summed E-state index contributed by atoms with van der Waals surface area (Å²) in [6.07, 6.45) is 2.02. The van der Waals surface area contributed by atoms with Crippen molar-refractivity contribution < 1.29 is 9.53 Å². The van der Waals surface area contributed by atoms with Crippen LogP contribution in [0.1, 0.15) is 25.3 Å². The van der Waals surface area contributed by atoms with Crippen LogP contribution in [0.2, 0.25) is 0 Å². The molecule has 1 aromatic carbocycles. The van der Waals surface area contributed by atoms with Gasteiger partial charge in [-0.2, -0.15) is 0 Å². The molecule has 0 aromatic heterocycles. The molecule has 0 aliphatic carbocycles. The maximum absolute atomic E-state index is 11.9. The third kappa shape index (κ3) is 4.40. The van der Waals surface area contributed by atoms with Gasteiger partial charge >= 0.3 is 0 Å². The van der Waals surface area contributed by atoms with E-state index in [0.717, 1.165) is 24.3 Å². The van der Waals surface area contributed by atoms with Crippen molar-refractivity contribution in [2.75, 3.05) is 18.9 Å². The summed E-state index contributed by atoms with van der Waals surface area (Å²) in [6, 6.07) is 7.66. The molecule has 0 saturated carbocycles. The topological polar surface area (TPSA) is 64.4 Å². The number of benzene rings is 1. The molecule has 4 nitrogen and oxygen atoms in total. The standard InChI is InChI=1S/C14H20N2O2.ClH/c1-14(8-9-18-10-14)16-13(17)7-6-11-4-2-3-5-12(11)15;/h2-5H,6-10,15H2,1H3,(H,16,17);1H. The van der Waals surface area contributed by atoms with Crippen LogP contribution in [0.4, 0.5) is 5.69 Å². The number of nitrogens with two attached hydrogens (primary N) is 1. The average molecular weight is 285 g/mol. The number of para-hydroxylation sites is 1. The first-order chi connectivity index (χ1) is 8.59. The van der Waals surface area contributed by atoms with E-state index in [1.165, 1.54) is 0 Å². The summed E-state index contributed by atoms with van der Waals surface area (Å²) in [4.78, 5) is 11.9. The minimum absolute atomic E-state index is 0. The number of nitrogens with one attached hydrogen (secondary N) is 1. The van der Waals surface area contributed by atoms with Crippen LogP contribution in [-0.2, 0) is 16.0 Å². The first-order valence-electron chi connectivity index (χ1n) is 6.31. The van der Waals surface area contributed by atoms with Gasteiger partial charge in [0.2, 0.25) is 5.91 Å². The Hall–Kier alpha value is -1.26. The zero-order chi connectivity index (χ0) is 13.0. The molecule has 2 rings (SSSR count). The minimum Gasteiger partial charge on any atom is -0.399 e. The Morgan fingerprint density at radius 3 is 2.84 bits per heavy atom. The van der Waals surface area contributed by atoms with Gasteiger partial charge in [0.15, 0.2) is 0 Å². The highest BCUT2D eigenvalue weighted by atomic mass is 35.5. The van der Waals surface area contributed by atoms with Gasteiger partial charge in [0.1, 0.15) is 0 Å². The van der Waals surface area contributed by atoms with Crippen LogP contribution in [0.3, 0.4) is 0 Å². The first kappa shape index (κ1) is 15.8. The van der Waals surface area contributed by atoms with Crippen molar-refractivity contribution in [3.63, 3.8) is 0 Å². The smallest absolute Gasteiger partial charge is 0.220 e. The maximum Gasteiger partial charge on any atom is 0.220 e. The van der Waals surface area contributed by atoms with E-state index in [2.05, 4.69) is 5.32 Å². The number of nitrogen functional groups attached to an aromatic ring is 1. The highest BCUT2D eigenvalue weighted by Crippen LogP contribution is 2.18. The largest absolute Gasteiger partial charge is 0.399 e. The second kappa shape index (κ2) is 6.78. The van der Waals surface area contributed by atoms with Crippen molar-refractivity contribution in [3.05, 3.63) is 29.8 Å². The van der Waals surface area contributed by atoms with E-state index in [-0.39, 0.29) is 23.9 Å². The third-order valence-electron chi connectivity index (χ3n) is 3.34. The fraction of sp³-hybridized carbons (Fsp3) is 0.500. The molecule has 19 heavy (non-hydrogen) atoms. The number of hydrogen-bond donors (Lipinski definition) is 2. The number of carbonyl (C=O) groups is 1. The Labute approximate surface area is 120 Å². The van der Waals surface area contributed by atoms with Crippen LogP contribution >= 0.6 is 12.4 Å². The molecule has 1 fully saturated rings. The Kier molecular flexibility index (Phi) is 5.63. The summed E-state index contributed by atoms with van der Waals surface area (Å²) < 4.78 is 5.31. The molecule has 1 aliphatic rings. The summed E-state index contributed by atoms with van der Waals surface area (Å²) in [5, 5.41) is 3.04. The second-order valence-electron chi connectivity index (χ2n) is 5.11. The Balaban J connectivity index is 0.00000180. The molecular weight excluding hydrogens is 264 g/mol. The molecule has 1 unspecified atom stereocenters. The lowest BCUT2D eigenvalue weighted by atomic mass is 10.0. The lowest BCUT2D eigenvalue weighted by Crippen LogP contribution is -2.46. The van der Waals surface area contributed by atoms with Crippen molar-refractivity contribution in [2.45, 2.75) is 31.7 Å². The van der Waals surface area contributed by atoms with E-state index in [1.54, 1.807) is 0 Å². The van der Waals surface area contributed by atoms with Gasteiger partial charge in [-0.25, -0.2) is 0 Å². The summed E-state index contributed by atoms with van der Waals surface area (Å²) in [5.41, 5.74) is 7.43. The molecule has 1 atom stereocenters. The Morgan fingerprint density at radius 1 is 1.47 bits per heavy atom. The Morgan fingerprint density at radius 2 is 2.21 bits per heavy atom. The highest BCUT2D eigenvalue weighted by Gasteiger charge is 2.30. The van der Waals surface area contributed by atoms with E-state index in [1.807, 2.05) is 31.2 Å². The van der Waals surface area contributed by atoms with Crippen LogP contribution in [0.15, 0.2) is 24.3 Å². The molecule has 0 radical (unpaired) electrons. The average Bonchev–Trinajstić information content (AvgIpc) is 2.74. The molecule has 1 amide bonds. The molecule has 1 aliphatic heterocycles. The number of hydrogen-bond acceptors (Lipinski definition) is 3. The van der Waals surface area contributed by atoms with Crippen LogP contribution in [0.25, 0.3) is 0 Å². The van der Waals surface area contributed by atoms with Gasteiger partial charge in [-0.05, 0) is 31.4 Å². The second-order valence-corrected chi connectivity index (χ2v) is 5.11. The molecule has 3 N–H and O–H groups in total. The number of carbonyl (C=O) groups excluding carboxylic acids is 1. The van der Waals surface area contributed by atoms with Crippen molar-refractivity contribution in [1.82, 2.24) is 5.32 Å². The molecule has 1 saturated heterocycles. The molecule has 5 heteroatoms. The summed E-state index contributed by atoms with van der Waals surface area (Å²) in [6.45, 7) is 3.35. The van der Waals surface area contributed by atoms with Gasteiger partial charge in [-0.15, -0.1) is 12.4 Å². The predicted molar refractivity (Wildman–Crippen MR) is 78.4 cm³/mol. The number of halogens is 1. The minimum atomic E-state index is -0.195. The lowest BCUT2D eigenvalue weighted by molar-refractivity contribution is -0.122. The highest BCUT2D eigenvalue weighted by molar-refractivity contribution is 5.85. The third-order valence-corrected chi connectivity index (χ3v) is 3.34. The fourth-order valence-corrected chi connectivity index (χ4v) is 2.17. The van der Waals surface area contributed by atoms with Crippen molar-refractivity contribution in [2.24, 2.45) is 0 Å². The number of aryl methyl sites for hydroxylation is 1. The van der Waals surface area contributed by atoms with E-state index in [4.69, 9.17) is 10.5 Å². The quantitative estimate of drug-likeness (QED) is 0.830. The zero-order valence-corrected chi connectivity index (χ0v) is 12.0. The molecule has 0 spiro atoms.